The number of carbonyl (C=O) groups is 1. The van der Waals surface area contributed by atoms with Crippen LogP contribution in [0.3, 0.4) is 0 Å². The summed E-state index contributed by atoms with van der Waals surface area (Å²) in [5.41, 5.74) is 2.94. The van der Waals surface area contributed by atoms with Crippen molar-refractivity contribution in [2.24, 2.45) is 0 Å². The van der Waals surface area contributed by atoms with Gasteiger partial charge in [0.15, 0.2) is 10.9 Å². The Bertz CT molecular complexity index is 1170. The van der Waals surface area contributed by atoms with Gasteiger partial charge in [0.1, 0.15) is 5.82 Å². The van der Waals surface area contributed by atoms with Crippen LogP contribution in [0.4, 0.5) is 10.1 Å². The van der Waals surface area contributed by atoms with Gasteiger partial charge in [-0.3, -0.25) is 9.36 Å². The Hall–Kier alpha value is -3.39. The fraction of sp³-hybridized carbons (Fsp3) is 0.136. The minimum absolute atomic E-state index is 0.0949. The second-order valence-corrected chi connectivity index (χ2v) is 7.70. The largest absolute Gasteiger partial charge is 0.461 e. The Kier molecular flexibility index (Phi) is 5.67. The Morgan fingerprint density at radius 1 is 1.13 bits per heavy atom. The van der Waals surface area contributed by atoms with Crippen LogP contribution in [0.5, 0.6) is 0 Å². The van der Waals surface area contributed by atoms with Crippen molar-refractivity contribution in [3.8, 4) is 17.3 Å². The summed E-state index contributed by atoms with van der Waals surface area (Å²) in [6.45, 7) is 3.68. The van der Waals surface area contributed by atoms with Crippen molar-refractivity contribution in [3.05, 3.63) is 77.8 Å². The molecule has 0 atom stereocenters. The molecule has 0 aliphatic heterocycles. The summed E-state index contributed by atoms with van der Waals surface area (Å²) >= 11 is 1.24. The Morgan fingerprint density at radius 3 is 2.63 bits per heavy atom. The van der Waals surface area contributed by atoms with Crippen LogP contribution in [0.2, 0.25) is 0 Å². The number of halogens is 1. The number of hydrogen-bond acceptors (Lipinski definition) is 5. The number of nitrogens with zero attached hydrogens (tertiary/aromatic N) is 3. The van der Waals surface area contributed by atoms with E-state index in [1.54, 1.807) is 31.4 Å². The molecular formula is C22H19FN4O2S. The van der Waals surface area contributed by atoms with E-state index in [4.69, 9.17) is 4.42 Å². The smallest absolute Gasteiger partial charge is 0.234 e. The molecule has 2 heterocycles. The lowest BCUT2D eigenvalue weighted by atomic mass is 10.2. The summed E-state index contributed by atoms with van der Waals surface area (Å²) in [5, 5.41) is 11.8. The van der Waals surface area contributed by atoms with E-state index in [0.29, 0.717) is 28.0 Å². The lowest BCUT2D eigenvalue weighted by Crippen LogP contribution is -2.14. The van der Waals surface area contributed by atoms with E-state index in [-0.39, 0.29) is 17.5 Å². The highest BCUT2D eigenvalue weighted by Gasteiger charge is 2.19. The molecule has 0 aliphatic rings. The van der Waals surface area contributed by atoms with Gasteiger partial charge in [0, 0.05) is 11.4 Å². The number of aryl methyl sites for hydroxylation is 2. The van der Waals surface area contributed by atoms with Crippen LogP contribution in [0.15, 0.2) is 70.4 Å². The van der Waals surface area contributed by atoms with Crippen molar-refractivity contribution >= 4 is 23.4 Å². The third-order valence-corrected chi connectivity index (χ3v) is 5.38. The van der Waals surface area contributed by atoms with E-state index in [2.05, 4.69) is 15.5 Å². The summed E-state index contributed by atoms with van der Waals surface area (Å²) in [4.78, 5) is 12.4. The van der Waals surface area contributed by atoms with Gasteiger partial charge in [-0.1, -0.05) is 35.5 Å². The molecule has 0 bridgehead atoms. The molecule has 0 spiro atoms. The zero-order valence-corrected chi connectivity index (χ0v) is 17.2. The molecular weight excluding hydrogens is 403 g/mol. The standard InChI is InChI=1S/C22H19FN4O2S/c1-14-5-9-17(10-6-14)27-21(19-4-3-11-29-19)25-26-22(27)30-13-20(28)24-16-8-7-15(2)18(23)12-16/h3-12H,13H2,1-2H3,(H,24,28). The van der Waals surface area contributed by atoms with Crippen molar-refractivity contribution in [3.63, 3.8) is 0 Å². The number of furan rings is 1. The zero-order chi connectivity index (χ0) is 21.1. The van der Waals surface area contributed by atoms with Crippen LogP contribution < -0.4 is 5.32 Å². The van der Waals surface area contributed by atoms with Crippen LogP contribution >= 0.6 is 11.8 Å². The quantitative estimate of drug-likeness (QED) is 0.442. The van der Waals surface area contributed by atoms with Gasteiger partial charge in [-0.2, -0.15) is 0 Å². The normalized spacial score (nSPS) is 10.9. The maximum atomic E-state index is 13.7. The molecule has 8 heteroatoms. The predicted molar refractivity (Wildman–Crippen MR) is 114 cm³/mol. The van der Waals surface area contributed by atoms with Gasteiger partial charge in [0.25, 0.3) is 0 Å². The predicted octanol–water partition coefficient (Wildman–Crippen LogP) is 5.01. The van der Waals surface area contributed by atoms with Gasteiger partial charge in [-0.15, -0.1) is 10.2 Å². The summed E-state index contributed by atoms with van der Waals surface area (Å²) in [6.07, 6.45) is 1.57. The minimum atomic E-state index is -0.359. The van der Waals surface area contributed by atoms with Crippen molar-refractivity contribution < 1.29 is 13.6 Å². The van der Waals surface area contributed by atoms with E-state index in [1.165, 1.54) is 17.8 Å². The number of nitrogens with one attached hydrogen (secondary N) is 1. The molecule has 30 heavy (non-hydrogen) atoms. The molecule has 0 radical (unpaired) electrons. The van der Waals surface area contributed by atoms with E-state index in [0.717, 1.165) is 11.3 Å². The van der Waals surface area contributed by atoms with E-state index < -0.39 is 0 Å². The first-order valence-electron chi connectivity index (χ1n) is 9.26. The molecule has 4 rings (SSSR count). The number of amides is 1. The van der Waals surface area contributed by atoms with E-state index >= 15 is 0 Å². The zero-order valence-electron chi connectivity index (χ0n) is 16.4. The van der Waals surface area contributed by atoms with Crippen molar-refractivity contribution in [2.75, 3.05) is 11.1 Å². The first-order valence-corrected chi connectivity index (χ1v) is 10.2. The molecule has 1 amide bonds. The van der Waals surface area contributed by atoms with Gasteiger partial charge in [-0.05, 0) is 55.8 Å². The fourth-order valence-corrected chi connectivity index (χ4v) is 3.61. The molecule has 2 aromatic heterocycles. The van der Waals surface area contributed by atoms with Crippen molar-refractivity contribution in [1.82, 2.24) is 14.8 Å². The van der Waals surface area contributed by atoms with E-state index in [9.17, 15) is 9.18 Å². The first kappa shape index (κ1) is 19.9. The van der Waals surface area contributed by atoms with Gasteiger partial charge in [0.2, 0.25) is 11.7 Å². The van der Waals surface area contributed by atoms with Crippen molar-refractivity contribution in [1.29, 1.82) is 0 Å². The summed E-state index contributed by atoms with van der Waals surface area (Å²) in [6, 6.07) is 16.1. The molecule has 1 N–H and O–H groups in total. The number of hydrogen-bond donors (Lipinski definition) is 1. The molecule has 2 aromatic carbocycles. The average Bonchev–Trinajstić information content (AvgIpc) is 3.39. The summed E-state index contributed by atoms with van der Waals surface area (Å²) in [7, 11) is 0. The van der Waals surface area contributed by atoms with Gasteiger partial charge in [0.05, 0.1) is 12.0 Å². The van der Waals surface area contributed by atoms with Crippen LogP contribution in [0.25, 0.3) is 17.3 Å². The minimum Gasteiger partial charge on any atom is -0.461 e. The third-order valence-electron chi connectivity index (χ3n) is 4.46. The molecule has 0 unspecified atom stereocenters. The van der Waals surface area contributed by atoms with Gasteiger partial charge in [-0.25, -0.2) is 4.39 Å². The number of rotatable bonds is 6. The molecule has 0 fully saturated rings. The Balaban J connectivity index is 1.55. The number of carbonyl (C=O) groups excluding carboxylic acids is 1. The molecule has 0 aliphatic carbocycles. The monoisotopic (exact) mass is 422 g/mol. The Morgan fingerprint density at radius 2 is 1.93 bits per heavy atom. The second kappa shape index (κ2) is 8.54. The van der Waals surface area contributed by atoms with Crippen LogP contribution in [-0.2, 0) is 4.79 Å². The number of thioether (sulfide) groups is 1. The highest BCUT2D eigenvalue weighted by Crippen LogP contribution is 2.28. The molecule has 0 saturated carbocycles. The number of benzene rings is 2. The lowest BCUT2D eigenvalue weighted by Gasteiger charge is -2.10. The second-order valence-electron chi connectivity index (χ2n) is 6.76. The Labute approximate surface area is 177 Å². The van der Waals surface area contributed by atoms with Gasteiger partial charge < -0.3 is 9.73 Å². The first-order chi connectivity index (χ1) is 14.5. The fourth-order valence-electron chi connectivity index (χ4n) is 2.85. The highest BCUT2D eigenvalue weighted by molar-refractivity contribution is 7.99. The van der Waals surface area contributed by atoms with Crippen LogP contribution in [0, 0.1) is 19.7 Å². The lowest BCUT2D eigenvalue weighted by molar-refractivity contribution is -0.113. The molecule has 152 valence electrons. The maximum absolute atomic E-state index is 13.7. The maximum Gasteiger partial charge on any atom is 0.234 e. The van der Waals surface area contributed by atoms with Gasteiger partial charge >= 0.3 is 0 Å². The third kappa shape index (κ3) is 4.28. The molecule has 6 nitrogen and oxygen atoms in total. The number of anilines is 1. The SMILES string of the molecule is Cc1ccc(-n2c(SCC(=O)Nc3ccc(C)c(F)c3)nnc2-c2ccco2)cc1. The average molecular weight is 422 g/mol. The van der Waals surface area contributed by atoms with Crippen LogP contribution in [0.1, 0.15) is 11.1 Å². The van der Waals surface area contributed by atoms with Crippen molar-refractivity contribution in [2.45, 2.75) is 19.0 Å². The van der Waals surface area contributed by atoms with E-state index in [1.807, 2.05) is 41.8 Å². The molecule has 4 aromatic rings. The summed E-state index contributed by atoms with van der Waals surface area (Å²) < 4.78 is 21.0. The number of aromatic nitrogens is 3. The molecule has 0 saturated heterocycles. The topological polar surface area (TPSA) is 73.0 Å². The van der Waals surface area contributed by atoms with Crippen LogP contribution in [-0.4, -0.2) is 26.4 Å². The highest BCUT2D eigenvalue weighted by atomic mass is 32.2. The summed E-state index contributed by atoms with van der Waals surface area (Å²) in [5.74, 6) is 0.600.